The quantitative estimate of drug-likeness (QED) is 0.663. The zero-order chi connectivity index (χ0) is 13.2. The molecule has 0 aromatic heterocycles. The van der Waals surface area contributed by atoms with Gasteiger partial charge < -0.3 is 10.1 Å². The van der Waals surface area contributed by atoms with E-state index in [0.29, 0.717) is 0 Å². The molecule has 3 heteroatoms. The van der Waals surface area contributed by atoms with Crippen LogP contribution in [0, 0.1) is 6.92 Å². The molecule has 0 fully saturated rings. The van der Waals surface area contributed by atoms with Gasteiger partial charge in [-0.2, -0.15) is 0 Å². The van der Waals surface area contributed by atoms with Crippen molar-refractivity contribution in [2.45, 2.75) is 39.5 Å². The number of anilines is 1. The van der Waals surface area contributed by atoms with Crippen molar-refractivity contribution in [2.24, 2.45) is 0 Å². The highest BCUT2D eigenvalue weighted by molar-refractivity contribution is 9.10. The van der Waals surface area contributed by atoms with Crippen LogP contribution in [0.5, 0.6) is 0 Å². The summed E-state index contributed by atoms with van der Waals surface area (Å²) in [6.07, 6.45) is 4.95. The van der Waals surface area contributed by atoms with Gasteiger partial charge in [-0.15, -0.1) is 0 Å². The number of unbranched alkanes of at least 4 members (excludes halogenated alkanes) is 3. The maximum atomic E-state index is 5.32. The molecule has 0 heterocycles. The van der Waals surface area contributed by atoms with E-state index in [9.17, 15) is 0 Å². The van der Waals surface area contributed by atoms with Crippen LogP contribution in [0.4, 0.5) is 5.69 Å². The first-order valence-corrected chi connectivity index (χ1v) is 7.61. The molecule has 1 rings (SSSR count). The molecule has 0 aliphatic rings. The van der Waals surface area contributed by atoms with Gasteiger partial charge in [-0.3, -0.25) is 0 Å². The number of nitrogens with one attached hydrogen (secondary N) is 1. The summed E-state index contributed by atoms with van der Waals surface area (Å²) in [5.41, 5.74) is 2.54. The summed E-state index contributed by atoms with van der Waals surface area (Å²) in [5.74, 6) is 0. The Morgan fingerprint density at radius 3 is 2.67 bits per heavy atom. The van der Waals surface area contributed by atoms with Crippen molar-refractivity contribution in [3.05, 3.63) is 28.2 Å². The Kier molecular flexibility index (Phi) is 8.10. The highest BCUT2D eigenvalue weighted by atomic mass is 79.9. The second kappa shape index (κ2) is 9.40. The second-order valence-electron chi connectivity index (χ2n) is 4.50. The molecule has 0 unspecified atom stereocenters. The number of benzene rings is 1. The summed E-state index contributed by atoms with van der Waals surface area (Å²) >= 11 is 3.48. The van der Waals surface area contributed by atoms with Crippen LogP contribution in [0.15, 0.2) is 22.7 Å². The number of hydrogen-bond donors (Lipinski definition) is 1. The lowest BCUT2D eigenvalue weighted by Crippen LogP contribution is -2.03. The number of hydrogen-bond acceptors (Lipinski definition) is 2. The SMILES string of the molecule is CCOCCCCCCNc1ccc(Br)cc1C. The van der Waals surface area contributed by atoms with Gasteiger partial charge in [0.15, 0.2) is 0 Å². The van der Waals surface area contributed by atoms with Gasteiger partial charge in [-0.25, -0.2) is 0 Å². The van der Waals surface area contributed by atoms with E-state index in [1.165, 1.54) is 36.9 Å². The van der Waals surface area contributed by atoms with Crippen LogP contribution in [-0.4, -0.2) is 19.8 Å². The van der Waals surface area contributed by atoms with Crippen molar-refractivity contribution in [3.63, 3.8) is 0 Å². The van der Waals surface area contributed by atoms with Crippen LogP contribution in [0.25, 0.3) is 0 Å². The molecule has 0 saturated carbocycles. The fourth-order valence-electron chi connectivity index (χ4n) is 1.88. The second-order valence-corrected chi connectivity index (χ2v) is 5.41. The molecule has 1 aromatic rings. The summed E-state index contributed by atoms with van der Waals surface area (Å²) in [5, 5.41) is 3.49. The van der Waals surface area contributed by atoms with Crippen LogP contribution in [0.2, 0.25) is 0 Å². The van der Waals surface area contributed by atoms with Crippen molar-refractivity contribution >= 4 is 21.6 Å². The molecule has 1 N–H and O–H groups in total. The average Bonchev–Trinajstić information content (AvgIpc) is 2.35. The molecule has 0 radical (unpaired) electrons. The number of halogens is 1. The third-order valence-electron chi connectivity index (χ3n) is 2.92. The third-order valence-corrected chi connectivity index (χ3v) is 3.42. The van der Waals surface area contributed by atoms with E-state index in [4.69, 9.17) is 4.74 Å². The third kappa shape index (κ3) is 6.41. The molecule has 0 bridgehead atoms. The molecule has 0 atom stereocenters. The van der Waals surface area contributed by atoms with Gasteiger partial charge in [0.2, 0.25) is 0 Å². The lowest BCUT2D eigenvalue weighted by molar-refractivity contribution is 0.143. The van der Waals surface area contributed by atoms with Gasteiger partial charge in [0.25, 0.3) is 0 Å². The number of ether oxygens (including phenoxy) is 1. The van der Waals surface area contributed by atoms with Crippen LogP contribution in [0.3, 0.4) is 0 Å². The summed E-state index contributed by atoms with van der Waals surface area (Å²) in [4.78, 5) is 0. The lowest BCUT2D eigenvalue weighted by atomic mass is 10.1. The van der Waals surface area contributed by atoms with E-state index in [-0.39, 0.29) is 0 Å². The summed E-state index contributed by atoms with van der Waals surface area (Å²) in [6.45, 7) is 6.98. The number of aryl methyl sites for hydroxylation is 1. The minimum absolute atomic E-state index is 0.838. The first kappa shape index (κ1) is 15.5. The van der Waals surface area contributed by atoms with E-state index in [2.05, 4.69) is 46.4 Å². The molecule has 0 aliphatic heterocycles. The van der Waals surface area contributed by atoms with E-state index < -0.39 is 0 Å². The van der Waals surface area contributed by atoms with Gasteiger partial charge in [-0.1, -0.05) is 28.8 Å². The predicted molar refractivity (Wildman–Crippen MR) is 82.3 cm³/mol. The first-order valence-electron chi connectivity index (χ1n) is 6.82. The fraction of sp³-hybridized carbons (Fsp3) is 0.600. The molecule has 0 spiro atoms. The monoisotopic (exact) mass is 313 g/mol. The van der Waals surface area contributed by atoms with Crippen LogP contribution in [-0.2, 0) is 4.74 Å². The summed E-state index contributed by atoms with van der Waals surface area (Å²) in [7, 11) is 0. The minimum atomic E-state index is 0.838. The van der Waals surface area contributed by atoms with E-state index in [1.807, 2.05) is 6.92 Å². The van der Waals surface area contributed by atoms with Crippen molar-refractivity contribution in [1.29, 1.82) is 0 Å². The van der Waals surface area contributed by atoms with Gasteiger partial charge in [-0.05, 0) is 50.5 Å². The first-order chi connectivity index (χ1) is 8.74. The average molecular weight is 314 g/mol. The van der Waals surface area contributed by atoms with Gasteiger partial charge in [0.1, 0.15) is 0 Å². The smallest absolute Gasteiger partial charge is 0.0465 e. The van der Waals surface area contributed by atoms with Crippen LogP contribution >= 0.6 is 15.9 Å². The number of rotatable bonds is 9. The van der Waals surface area contributed by atoms with Gasteiger partial charge >= 0.3 is 0 Å². The van der Waals surface area contributed by atoms with Crippen molar-refractivity contribution in [1.82, 2.24) is 0 Å². The Morgan fingerprint density at radius 2 is 1.94 bits per heavy atom. The zero-order valence-corrected chi connectivity index (χ0v) is 13.1. The maximum absolute atomic E-state index is 5.32. The van der Waals surface area contributed by atoms with E-state index >= 15 is 0 Å². The molecule has 0 amide bonds. The summed E-state index contributed by atoms with van der Waals surface area (Å²) < 4.78 is 6.46. The predicted octanol–water partition coefficient (Wildman–Crippen LogP) is 4.77. The van der Waals surface area contributed by atoms with Gasteiger partial charge in [0.05, 0.1) is 0 Å². The van der Waals surface area contributed by atoms with Crippen LogP contribution < -0.4 is 5.32 Å². The topological polar surface area (TPSA) is 21.3 Å². The fourth-order valence-corrected chi connectivity index (χ4v) is 2.35. The van der Waals surface area contributed by atoms with Crippen molar-refractivity contribution < 1.29 is 4.74 Å². The molecule has 0 aliphatic carbocycles. The molecule has 102 valence electrons. The van der Waals surface area contributed by atoms with Crippen molar-refractivity contribution in [3.8, 4) is 0 Å². The largest absolute Gasteiger partial charge is 0.385 e. The standard InChI is InChI=1S/C15H24BrNO/c1-3-18-11-7-5-4-6-10-17-15-9-8-14(16)12-13(15)2/h8-9,12,17H,3-7,10-11H2,1-2H3. The zero-order valence-electron chi connectivity index (χ0n) is 11.5. The van der Waals surface area contributed by atoms with Crippen LogP contribution in [0.1, 0.15) is 38.2 Å². The molecule has 0 saturated heterocycles. The lowest BCUT2D eigenvalue weighted by Gasteiger charge is -2.09. The Morgan fingerprint density at radius 1 is 1.17 bits per heavy atom. The highest BCUT2D eigenvalue weighted by Gasteiger charge is 1.98. The molecule has 1 aromatic carbocycles. The Hall–Kier alpha value is -0.540. The Balaban J connectivity index is 2.07. The highest BCUT2D eigenvalue weighted by Crippen LogP contribution is 2.20. The van der Waals surface area contributed by atoms with Gasteiger partial charge in [0, 0.05) is 29.9 Å². The summed E-state index contributed by atoms with van der Waals surface area (Å²) in [6, 6.07) is 6.36. The molecule has 2 nitrogen and oxygen atoms in total. The Bertz CT molecular complexity index is 341. The molecular weight excluding hydrogens is 290 g/mol. The van der Waals surface area contributed by atoms with E-state index in [1.54, 1.807) is 0 Å². The minimum Gasteiger partial charge on any atom is -0.385 e. The van der Waals surface area contributed by atoms with Crippen molar-refractivity contribution in [2.75, 3.05) is 25.1 Å². The maximum Gasteiger partial charge on any atom is 0.0465 e. The Labute approximate surface area is 119 Å². The molecular formula is C15H24BrNO. The van der Waals surface area contributed by atoms with E-state index in [0.717, 1.165) is 24.2 Å². The molecule has 18 heavy (non-hydrogen) atoms. The normalized spacial score (nSPS) is 10.6.